The van der Waals surface area contributed by atoms with Gasteiger partial charge in [-0.05, 0) is 46.3 Å². The molecule has 0 aromatic carbocycles. The van der Waals surface area contributed by atoms with E-state index < -0.39 is 6.09 Å². The maximum atomic E-state index is 11.3. The monoisotopic (exact) mass is 454 g/mol. The summed E-state index contributed by atoms with van der Waals surface area (Å²) in [6, 6.07) is 1.88. The quantitative estimate of drug-likeness (QED) is 0.646. The van der Waals surface area contributed by atoms with Gasteiger partial charge in [0.25, 0.3) is 0 Å². The van der Waals surface area contributed by atoms with Crippen molar-refractivity contribution < 1.29 is 9.90 Å². The second kappa shape index (κ2) is 7.22. The maximum Gasteiger partial charge on any atom is 0.407 e. The molecule has 3 aromatic rings. The molecule has 0 bridgehead atoms. The normalized spacial score (nSPS) is 17.0. The third-order valence-electron chi connectivity index (χ3n) is 5.50. The van der Waals surface area contributed by atoms with E-state index in [1.165, 1.54) is 10.5 Å². The summed E-state index contributed by atoms with van der Waals surface area (Å²) < 4.78 is 0.826. The fraction of sp³-hybridized carbons (Fsp3) is 0.350. The van der Waals surface area contributed by atoms with Crippen LogP contribution < -0.4 is 4.90 Å². The third-order valence-corrected chi connectivity index (χ3v) is 6.13. The number of hydrogen-bond donors (Lipinski definition) is 1. The summed E-state index contributed by atoms with van der Waals surface area (Å²) in [4.78, 5) is 33.3. The highest BCUT2D eigenvalue weighted by Gasteiger charge is 2.30. The third kappa shape index (κ3) is 3.39. The van der Waals surface area contributed by atoms with Crippen molar-refractivity contribution in [1.82, 2.24) is 24.8 Å². The number of halogens is 1. The molecule has 2 aliphatic rings. The minimum atomic E-state index is -0.874. The molecule has 1 aliphatic carbocycles. The molecule has 0 unspecified atom stereocenters. The zero-order chi connectivity index (χ0) is 20.0. The number of rotatable bonds is 3. The predicted octanol–water partition coefficient (Wildman–Crippen LogP) is 3.53. The molecular formula is C20H19BrN6O2. The molecule has 1 N–H and O–H groups in total. The Bertz CT molecular complexity index is 1100. The van der Waals surface area contributed by atoms with Crippen LogP contribution in [0.5, 0.6) is 0 Å². The number of carboxylic acid groups (broad SMARTS) is 1. The molecule has 4 heterocycles. The molecule has 3 aromatic heterocycles. The molecule has 1 saturated heterocycles. The van der Waals surface area contributed by atoms with Crippen molar-refractivity contribution in [2.75, 3.05) is 31.1 Å². The highest BCUT2D eigenvalue weighted by Crippen LogP contribution is 2.45. The van der Waals surface area contributed by atoms with Gasteiger partial charge in [-0.2, -0.15) is 0 Å². The van der Waals surface area contributed by atoms with Gasteiger partial charge in [-0.1, -0.05) is 0 Å². The van der Waals surface area contributed by atoms with E-state index in [4.69, 9.17) is 9.97 Å². The van der Waals surface area contributed by atoms with Crippen LogP contribution in [0, 0.1) is 0 Å². The minimum Gasteiger partial charge on any atom is -0.465 e. The smallest absolute Gasteiger partial charge is 0.407 e. The van der Waals surface area contributed by atoms with E-state index in [0.717, 1.165) is 39.6 Å². The van der Waals surface area contributed by atoms with Gasteiger partial charge in [-0.25, -0.2) is 14.8 Å². The zero-order valence-electron chi connectivity index (χ0n) is 15.6. The van der Waals surface area contributed by atoms with Crippen molar-refractivity contribution in [3.05, 3.63) is 40.9 Å². The molecule has 1 saturated carbocycles. The number of amides is 1. The van der Waals surface area contributed by atoms with Crippen LogP contribution in [-0.2, 0) is 0 Å². The first-order valence-electron chi connectivity index (χ1n) is 9.60. The number of pyridine rings is 2. The molecule has 0 atom stereocenters. The second-order valence-corrected chi connectivity index (χ2v) is 8.23. The van der Waals surface area contributed by atoms with Gasteiger partial charge in [0.2, 0.25) is 0 Å². The number of anilines is 1. The first-order valence-corrected chi connectivity index (χ1v) is 10.4. The fourth-order valence-electron chi connectivity index (χ4n) is 3.81. The van der Waals surface area contributed by atoms with Gasteiger partial charge in [0.15, 0.2) is 5.82 Å². The largest absolute Gasteiger partial charge is 0.465 e. The van der Waals surface area contributed by atoms with E-state index in [-0.39, 0.29) is 0 Å². The fourth-order valence-corrected chi connectivity index (χ4v) is 4.24. The van der Waals surface area contributed by atoms with E-state index in [0.29, 0.717) is 37.9 Å². The average molecular weight is 455 g/mol. The van der Waals surface area contributed by atoms with Crippen LogP contribution in [0.25, 0.3) is 22.3 Å². The molecule has 2 fully saturated rings. The number of nitrogens with zero attached hydrogens (tertiary/aromatic N) is 6. The Balaban J connectivity index is 1.65. The van der Waals surface area contributed by atoms with Crippen LogP contribution in [0.4, 0.5) is 10.6 Å². The lowest BCUT2D eigenvalue weighted by Crippen LogP contribution is -2.48. The SMILES string of the molecule is O=C(O)N1CCN(c2nc(-c3ccncc3Br)nc3cncc(C4CC4)c23)CC1. The van der Waals surface area contributed by atoms with Gasteiger partial charge in [-0.15, -0.1) is 0 Å². The van der Waals surface area contributed by atoms with Crippen LogP contribution >= 0.6 is 15.9 Å². The van der Waals surface area contributed by atoms with Gasteiger partial charge in [-0.3, -0.25) is 9.97 Å². The van der Waals surface area contributed by atoms with Gasteiger partial charge < -0.3 is 14.9 Å². The van der Waals surface area contributed by atoms with Crippen LogP contribution in [0.15, 0.2) is 35.3 Å². The van der Waals surface area contributed by atoms with Crippen LogP contribution in [0.2, 0.25) is 0 Å². The highest BCUT2D eigenvalue weighted by atomic mass is 79.9. The standard InChI is InChI=1S/C20H19BrN6O2/c21-15-10-22-4-3-13(15)18-24-16-11-23-9-14(12-1-2-12)17(16)19(25-18)26-5-7-27(8-6-26)20(28)29/h3-4,9-12H,1-2,5-8H2,(H,28,29). The first-order chi connectivity index (χ1) is 14.1. The van der Waals surface area contributed by atoms with Crippen molar-refractivity contribution in [3.8, 4) is 11.4 Å². The zero-order valence-corrected chi connectivity index (χ0v) is 17.2. The van der Waals surface area contributed by atoms with Crippen LogP contribution in [0.1, 0.15) is 24.3 Å². The number of aromatic nitrogens is 4. The minimum absolute atomic E-state index is 0.457. The molecule has 8 nitrogen and oxygen atoms in total. The summed E-state index contributed by atoms with van der Waals surface area (Å²) >= 11 is 3.55. The number of hydrogen-bond acceptors (Lipinski definition) is 6. The topological polar surface area (TPSA) is 95.3 Å². The van der Waals surface area contributed by atoms with Crippen LogP contribution in [0.3, 0.4) is 0 Å². The summed E-state index contributed by atoms with van der Waals surface area (Å²) in [6.45, 7) is 2.11. The summed E-state index contributed by atoms with van der Waals surface area (Å²) in [6.07, 6.45) is 8.61. The molecule has 9 heteroatoms. The lowest BCUT2D eigenvalue weighted by molar-refractivity contribution is 0.142. The van der Waals surface area contributed by atoms with Crippen molar-refractivity contribution >= 4 is 38.7 Å². The van der Waals surface area contributed by atoms with E-state index in [9.17, 15) is 9.90 Å². The Hall–Kier alpha value is -2.81. The Morgan fingerprint density at radius 2 is 1.86 bits per heavy atom. The first kappa shape index (κ1) is 18.2. The maximum absolute atomic E-state index is 11.3. The molecule has 0 radical (unpaired) electrons. The Morgan fingerprint density at radius 1 is 1.07 bits per heavy atom. The van der Waals surface area contributed by atoms with Crippen molar-refractivity contribution in [2.45, 2.75) is 18.8 Å². The average Bonchev–Trinajstić information content (AvgIpc) is 3.58. The molecule has 0 spiro atoms. The molecule has 1 aliphatic heterocycles. The second-order valence-electron chi connectivity index (χ2n) is 7.38. The summed E-state index contributed by atoms with van der Waals surface area (Å²) in [5, 5.41) is 10.3. The molecule has 1 amide bonds. The summed E-state index contributed by atoms with van der Waals surface area (Å²) in [7, 11) is 0. The van der Waals surface area contributed by atoms with Crippen LogP contribution in [-0.4, -0.2) is 62.2 Å². The molecule has 148 valence electrons. The van der Waals surface area contributed by atoms with Crippen molar-refractivity contribution in [1.29, 1.82) is 0 Å². The van der Waals surface area contributed by atoms with E-state index in [1.807, 2.05) is 12.3 Å². The van der Waals surface area contributed by atoms with E-state index in [1.54, 1.807) is 18.6 Å². The number of carbonyl (C=O) groups is 1. The van der Waals surface area contributed by atoms with Gasteiger partial charge in [0, 0.05) is 60.2 Å². The van der Waals surface area contributed by atoms with Crippen molar-refractivity contribution in [2.24, 2.45) is 0 Å². The summed E-state index contributed by atoms with van der Waals surface area (Å²) in [5.41, 5.74) is 2.88. The highest BCUT2D eigenvalue weighted by molar-refractivity contribution is 9.10. The lowest BCUT2D eigenvalue weighted by Gasteiger charge is -2.34. The number of piperazine rings is 1. The molecule has 29 heavy (non-hydrogen) atoms. The van der Waals surface area contributed by atoms with Gasteiger partial charge in [0.1, 0.15) is 5.82 Å². The Labute approximate surface area is 175 Å². The molecule has 5 rings (SSSR count). The Kier molecular flexibility index (Phi) is 4.54. The van der Waals surface area contributed by atoms with Crippen molar-refractivity contribution in [3.63, 3.8) is 0 Å². The Morgan fingerprint density at radius 3 is 2.55 bits per heavy atom. The predicted molar refractivity (Wildman–Crippen MR) is 112 cm³/mol. The van der Waals surface area contributed by atoms with E-state index >= 15 is 0 Å². The summed E-state index contributed by atoms with van der Waals surface area (Å²) in [5.74, 6) is 1.98. The van der Waals surface area contributed by atoms with Gasteiger partial charge >= 0.3 is 6.09 Å². The molecular weight excluding hydrogens is 436 g/mol. The van der Waals surface area contributed by atoms with Gasteiger partial charge in [0.05, 0.1) is 11.7 Å². The van der Waals surface area contributed by atoms with E-state index in [2.05, 4.69) is 30.8 Å². The number of fused-ring (bicyclic) bond motifs is 1. The lowest BCUT2D eigenvalue weighted by atomic mass is 10.1.